The first kappa shape index (κ1) is 11.2. The minimum absolute atomic E-state index is 0.0827. The lowest BCUT2D eigenvalue weighted by Gasteiger charge is -2.25. The molecule has 2 amide bonds. The predicted octanol–water partition coefficient (Wildman–Crippen LogP) is 0.466. The van der Waals surface area contributed by atoms with Crippen molar-refractivity contribution in [3.63, 3.8) is 0 Å². The van der Waals surface area contributed by atoms with Crippen LogP contribution in [0.4, 0.5) is 4.79 Å². The zero-order valence-corrected chi connectivity index (χ0v) is 7.98. The fourth-order valence-corrected chi connectivity index (χ4v) is 0.854. The molecule has 0 aliphatic carbocycles. The van der Waals surface area contributed by atoms with Gasteiger partial charge in [-0.15, -0.1) is 0 Å². The van der Waals surface area contributed by atoms with Gasteiger partial charge in [-0.05, 0) is 27.2 Å². The van der Waals surface area contributed by atoms with Crippen LogP contribution in [0, 0.1) is 0 Å². The molecule has 0 fully saturated rings. The van der Waals surface area contributed by atoms with Crippen LogP contribution in [0.3, 0.4) is 0 Å². The van der Waals surface area contributed by atoms with E-state index >= 15 is 0 Å². The molecule has 0 aromatic carbocycles. The van der Waals surface area contributed by atoms with Crippen molar-refractivity contribution in [2.24, 2.45) is 0 Å². The molecule has 0 aliphatic rings. The van der Waals surface area contributed by atoms with Crippen molar-refractivity contribution in [2.45, 2.75) is 32.7 Å². The van der Waals surface area contributed by atoms with E-state index in [1.54, 1.807) is 0 Å². The van der Waals surface area contributed by atoms with Crippen LogP contribution >= 0.6 is 0 Å². The summed E-state index contributed by atoms with van der Waals surface area (Å²) in [6.07, 6.45) is 0.560. The van der Waals surface area contributed by atoms with E-state index in [1.807, 2.05) is 20.8 Å². The maximum absolute atomic E-state index is 11.0. The summed E-state index contributed by atoms with van der Waals surface area (Å²) in [5.41, 5.74) is -0.339. The molecule has 0 bridgehead atoms. The third-order valence-corrected chi connectivity index (χ3v) is 1.53. The maximum atomic E-state index is 11.0. The summed E-state index contributed by atoms with van der Waals surface area (Å²) >= 11 is 0. The predicted molar refractivity (Wildman–Crippen MR) is 48.0 cm³/mol. The number of carbonyl (C=O) groups is 1. The lowest BCUT2D eigenvalue weighted by molar-refractivity contribution is 0.211. The van der Waals surface area contributed by atoms with E-state index in [4.69, 9.17) is 5.11 Å². The summed E-state index contributed by atoms with van der Waals surface area (Å²) in [5, 5.41) is 14.0. The second-order valence-electron chi connectivity index (χ2n) is 3.34. The van der Waals surface area contributed by atoms with Crippen molar-refractivity contribution in [1.29, 1.82) is 0 Å². The average Bonchev–Trinajstić information content (AvgIpc) is 1.85. The summed E-state index contributed by atoms with van der Waals surface area (Å²) in [5.74, 6) is 0. The minimum Gasteiger partial charge on any atom is -0.396 e. The van der Waals surface area contributed by atoms with Gasteiger partial charge in [0.1, 0.15) is 0 Å². The van der Waals surface area contributed by atoms with E-state index in [-0.39, 0.29) is 18.2 Å². The molecule has 3 N–H and O–H groups in total. The van der Waals surface area contributed by atoms with Gasteiger partial charge >= 0.3 is 6.03 Å². The molecule has 0 aromatic heterocycles. The number of rotatable bonds is 4. The van der Waals surface area contributed by atoms with Crippen LogP contribution in [0.1, 0.15) is 27.2 Å². The second kappa shape index (κ2) is 4.98. The average molecular weight is 174 g/mol. The Hall–Kier alpha value is -0.770. The van der Waals surface area contributed by atoms with E-state index in [0.717, 1.165) is 0 Å². The Labute approximate surface area is 73.3 Å². The summed E-state index contributed by atoms with van der Waals surface area (Å²) < 4.78 is 0. The third kappa shape index (κ3) is 4.96. The molecule has 0 radical (unpaired) electrons. The maximum Gasteiger partial charge on any atom is 0.315 e. The van der Waals surface area contributed by atoms with Crippen LogP contribution in [0.15, 0.2) is 0 Å². The highest BCUT2D eigenvalue weighted by atomic mass is 16.3. The van der Waals surface area contributed by atoms with Crippen LogP contribution in [0.2, 0.25) is 0 Å². The fraction of sp³-hybridized carbons (Fsp3) is 0.875. The van der Waals surface area contributed by atoms with Gasteiger partial charge in [0.05, 0.1) is 0 Å². The Morgan fingerprint density at radius 2 is 2.08 bits per heavy atom. The van der Waals surface area contributed by atoms with E-state index < -0.39 is 0 Å². The van der Waals surface area contributed by atoms with Crippen molar-refractivity contribution in [3.8, 4) is 0 Å². The van der Waals surface area contributed by atoms with Gasteiger partial charge in [-0.3, -0.25) is 0 Å². The standard InChI is InChI=1S/C8H18N2O2/c1-4-9-7(12)10-8(2,3)5-6-11/h11H,4-6H2,1-3H3,(H2,9,10,12). The molecular formula is C8H18N2O2. The van der Waals surface area contributed by atoms with E-state index in [1.165, 1.54) is 0 Å². The molecule has 0 heterocycles. The number of amides is 2. The van der Waals surface area contributed by atoms with Gasteiger partial charge in [-0.2, -0.15) is 0 Å². The summed E-state index contributed by atoms with van der Waals surface area (Å²) in [7, 11) is 0. The molecular weight excluding hydrogens is 156 g/mol. The summed E-state index contributed by atoms with van der Waals surface area (Å²) in [6, 6.07) is -0.184. The van der Waals surface area contributed by atoms with Crippen LogP contribution in [0.5, 0.6) is 0 Å². The van der Waals surface area contributed by atoms with Crippen molar-refractivity contribution in [1.82, 2.24) is 10.6 Å². The van der Waals surface area contributed by atoms with Gasteiger partial charge in [0.15, 0.2) is 0 Å². The van der Waals surface area contributed by atoms with E-state index in [0.29, 0.717) is 13.0 Å². The molecule has 12 heavy (non-hydrogen) atoms. The first-order chi connectivity index (χ1) is 5.52. The highest BCUT2D eigenvalue weighted by Crippen LogP contribution is 2.06. The Morgan fingerprint density at radius 3 is 2.50 bits per heavy atom. The smallest absolute Gasteiger partial charge is 0.315 e. The van der Waals surface area contributed by atoms with Crippen molar-refractivity contribution < 1.29 is 9.90 Å². The molecule has 4 nitrogen and oxygen atoms in total. The molecule has 0 unspecified atom stereocenters. The normalized spacial score (nSPS) is 11.0. The zero-order chi connectivity index (χ0) is 9.61. The zero-order valence-electron chi connectivity index (χ0n) is 7.98. The van der Waals surface area contributed by atoms with Gasteiger partial charge in [0, 0.05) is 18.7 Å². The first-order valence-electron chi connectivity index (χ1n) is 4.18. The molecule has 0 spiro atoms. The van der Waals surface area contributed by atoms with Crippen molar-refractivity contribution in [2.75, 3.05) is 13.2 Å². The number of urea groups is 1. The quantitative estimate of drug-likeness (QED) is 0.580. The molecule has 0 saturated heterocycles. The van der Waals surface area contributed by atoms with Crippen LogP contribution in [-0.4, -0.2) is 29.8 Å². The summed E-state index contributed by atoms with van der Waals surface area (Å²) in [6.45, 7) is 6.30. The highest BCUT2D eigenvalue weighted by Gasteiger charge is 2.18. The Bertz CT molecular complexity index is 146. The van der Waals surface area contributed by atoms with Gasteiger partial charge in [-0.25, -0.2) is 4.79 Å². The third-order valence-electron chi connectivity index (χ3n) is 1.53. The molecule has 0 aliphatic heterocycles. The van der Waals surface area contributed by atoms with Crippen LogP contribution in [0.25, 0.3) is 0 Å². The summed E-state index contributed by atoms with van der Waals surface area (Å²) in [4.78, 5) is 11.0. The second-order valence-corrected chi connectivity index (χ2v) is 3.34. The number of hydrogen-bond donors (Lipinski definition) is 3. The molecule has 0 aromatic rings. The van der Waals surface area contributed by atoms with Crippen LogP contribution < -0.4 is 10.6 Å². The topological polar surface area (TPSA) is 61.4 Å². The number of carbonyl (C=O) groups excluding carboxylic acids is 1. The molecule has 72 valence electrons. The Morgan fingerprint density at radius 1 is 1.50 bits per heavy atom. The monoisotopic (exact) mass is 174 g/mol. The van der Waals surface area contributed by atoms with Gasteiger partial charge < -0.3 is 15.7 Å². The van der Waals surface area contributed by atoms with E-state index in [9.17, 15) is 4.79 Å². The molecule has 4 heteroatoms. The molecule has 0 atom stereocenters. The minimum atomic E-state index is -0.339. The van der Waals surface area contributed by atoms with Gasteiger partial charge in [0.2, 0.25) is 0 Å². The van der Waals surface area contributed by atoms with Crippen LogP contribution in [-0.2, 0) is 0 Å². The molecule has 0 rings (SSSR count). The Balaban J connectivity index is 3.79. The number of hydrogen-bond acceptors (Lipinski definition) is 2. The number of aliphatic hydroxyl groups is 1. The largest absolute Gasteiger partial charge is 0.396 e. The lowest BCUT2D eigenvalue weighted by Crippen LogP contribution is -2.48. The number of aliphatic hydroxyl groups excluding tert-OH is 1. The van der Waals surface area contributed by atoms with E-state index in [2.05, 4.69) is 10.6 Å². The molecule has 0 saturated carbocycles. The van der Waals surface area contributed by atoms with Gasteiger partial charge in [-0.1, -0.05) is 0 Å². The van der Waals surface area contributed by atoms with Crippen molar-refractivity contribution in [3.05, 3.63) is 0 Å². The Kier molecular flexibility index (Phi) is 4.66. The number of nitrogens with one attached hydrogen (secondary N) is 2. The first-order valence-corrected chi connectivity index (χ1v) is 4.18. The SMILES string of the molecule is CCNC(=O)NC(C)(C)CCO. The lowest BCUT2D eigenvalue weighted by atomic mass is 10.0. The van der Waals surface area contributed by atoms with Gasteiger partial charge in [0.25, 0.3) is 0 Å². The highest BCUT2D eigenvalue weighted by molar-refractivity contribution is 5.74. The fourth-order valence-electron chi connectivity index (χ4n) is 0.854. The van der Waals surface area contributed by atoms with Crippen molar-refractivity contribution >= 4 is 6.03 Å².